The van der Waals surface area contributed by atoms with Crippen LogP contribution in [-0.2, 0) is 0 Å². The van der Waals surface area contributed by atoms with Crippen molar-refractivity contribution in [2.45, 2.75) is 32.6 Å². The van der Waals surface area contributed by atoms with Gasteiger partial charge in [-0.2, -0.15) is 10.4 Å². The Morgan fingerprint density at radius 3 is 2.54 bits per heavy atom. The number of benzene rings is 2. The third-order valence-corrected chi connectivity index (χ3v) is 7.58. The highest BCUT2D eigenvalue weighted by Crippen LogP contribution is 2.33. The molecular weight excluding hydrogens is 518 g/mol. The Kier molecular flexibility index (Phi) is 9.57. The van der Waals surface area contributed by atoms with Crippen molar-refractivity contribution in [2.75, 3.05) is 56.5 Å². The fraction of sp³-hybridized carbons (Fsp3) is 0.433. The first-order chi connectivity index (χ1) is 20.1. The van der Waals surface area contributed by atoms with Crippen molar-refractivity contribution in [3.63, 3.8) is 0 Å². The number of fused-ring (bicyclic) bond motifs is 1. The second-order valence-electron chi connectivity index (χ2n) is 10.4. The number of hydrogen-bond acceptors (Lipinski definition) is 9. The number of nitrogens with zero attached hydrogens (tertiary/aromatic N) is 6. The molecule has 1 aromatic heterocycles. The Labute approximate surface area is 240 Å². The zero-order chi connectivity index (χ0) is 28.4. The summed E-state index contributed by atoms with van der Waals surface area (Å²) in [5.74, 6) is 1.42. The number of aromatic nitrogens is 2. The van der Waals surface area contributed by atoms with Gasteiger partial charge in [0.1, 0.15) is 17.9 Å². The van der Waals surface area contributed by atoms with E-state index in [0.717, 1.165) is 44.7 Å². The van der Waals surface area contributed by atoms with E-state index in [1.54, 1.807) is 24.3 Å². The van der Waals surface area contributed by atoms with Gasteiger partial charge in [0, 0.05) is 36.4 Å². The van der Waals surface area contributed by atoms with E-state index in [0.29, 0.717) is 46.2 Å². The number of hydrogen-bond donors (Lipinski definition) is 3. The van der Waals surface area contributed by atoms with Gasteiger partial charge < -0.3 is 25.2 Å². The summed E-state index contributed by atoms with van der Waals surface area (Å²) in [6, 6.07) is 12.3. The summed E-state index contributed by atoms with van der Waals surface area (Å²) < 4.78 is 5.79. The van der Waals surface area contributed by atoms with E-state index in [2.05, 4.69) is 47.0 Å². The van der Waals surface area contributed by atoms with Gasteiger partial charge in [-0.3, -0.25) is 0 Å². The summed E-state index contributed by atoms with van der Waals surface area (Å²) in [5.41, 5.74) is 5.10. The Morgan fingerprint density at radius 2 is 1.83 bits per heavy atom. The number of urea groups is 1. The van der Waals surface area contributed by atoms with Crippen LogP contribution in [0.4, 0.5) is 22.0 Å². The molecule has 2 aromatic carbocycles. The maximum absolute atomic E-state index is 12.8. The molecule has 5 rings (SSSR count). The van der Waals surface area contributed by atoms with E-state index in [1.807, 2.05) is 25.3 Å². The van der Waals surface area contributed by atoms with Gasteiger partial charge in [-0.25, -0.2) is 20.2 Å². The molecule has 2 fully saturated rings. The smallest absolute Gasteiger partial charge is 0.339 e. The van der Waals surface area contributed by atoms with Crippen molar-refractivity contribution >= 4 is 40.3 Å². The molecule has 11 nitrogen and oxygen atoms in total. The number of ether oxygens (including phenoxy) is 1. The molecule has 0 aliphatic carbocycles. The molecule has 41 heavy (non-hydrogen) atoms. The molecule has 214 valence electrons. The van der Waals surface area contributed by atoms with E-state index >= 15 is 0 Å². The molecule has 3 aromatic rings. The van der Waals surface area contributed by atoms with Crippen molar-refractivity contribution < 1.29 is 9.53 Å². The van der Waals surface area contributed by atoms with Crippen LogP contribution in [0.15, 0.2) is 47.8 Å². The van der Waals surface area contributed by atoms with Crippen LogP contribution in [0, 0.1) is 17.2 Å². The molecule has 2 amide bonds. The molecule has 2 aliphatic heterocycles. The minimum Gasteiger partial charge on any atom is -0.492 e. The van der Waals surface area contributed by atoms with E-state index in [9.17, 15) is 4.79 Å². The number of nitrogens with one attached hydrogen (secondary N) is 3. The predicted octanol–water partition coefficient (Wildman–Crippen LogP) is 4.56. The molecule has 3 heterocycles. The van der Waals surface area contributed by atoms with Crippen LogP contribution >= 0.6 is 0 Å². The number of likely N-dealkylation sites (tertiary alicyclic amines) is 2. The van der Waals surface area contributed by atoms with Gasteiger partial charge in [-0.1, -0.05) is 0 Å². The first-order valence-electron chi connectivity index (χ1n) is 14.3. The third-order valence-electron chi connectivity index (χ3n) is 7.58. The molecule has 2 saturated heterocycles. The topological polar surface area (TPSA) is 131 Å². The van der Waals surface area contributed by atoms with Crippen LogP contribution in [0.5, 0.6) is 5.75 Å². The lowest BCUT2D eigenvalue weighted by Crippen LogP contribution is -2.39. The van der Waals surface area contributed by atoms with Crippen LogP contribution in [-0.4, -0.2) is 77.9 Å². The van der Waals surface area contributed by atoms with Crippen LogP contribution in [0.1, 0.15) is 38.2 Å². The minimum absolute atomic E-state index is 0.353. The lowest BCUT2D eigenvalue weighted by atomic mass is 9.98. The van der Waals surface area contributed by atoms with Crippen molar-refractivity contribution in [3.05, 3.63) is 48.3 Å². The summed E-state index contributed by atoms with van der Waals surface area (Å²) in [6.07, 6.45) is 8.08. The van der Waals surface area contributed by atoms with Crippen molar-refractivity contribution in [1.82, 2.24) is 25.2 Å². The summed E-state index contributed by atoms with van der Waals surface area (Å²) in [7, 11) is 0. The Morgan fingerprint density at radius 1 is 1.10 bits per heavy atom. The predicted molar refractivity (Wildman–Crippen MR) is 161 cm³/mol. The van der Waals surface area contributed by atoms with Gasteiger partial charge in [-0.05, 0) is 95.0 Å². The SMILES string of the molecule is CCOc1cc2ncnc(Nc3ccc(C#N)cc3)c2cc1NC(=O)N/N=C/C1CCN(CCN2CCCC2)CC1. The number of anilines is 3. The first-order valence-corrected chi connectivity index (χ1v) is 14.3. The molecule has 0 radical (unpaired) electrons. The van der Waals surface area contributed by atoms with Gasteiger partial charge in [0.25, 0.3) is 0 Å². The molecule has 2 aliphatic rings. The summed E-state index contributed by atoms with van der Waals surface area (Å²) in [6.45, 7) is 9.22. The minimum atomic E-state index is -0.456. The fourth-order valence-corrected chi connectivity index (χ4v) is 5.29. The maximum Gasteiger partial charge on any atom is 0.339 e. The molecule has 11 heteroatoms. The number of carbonyl (C=O) groups excluding carboxylic acids is 1. The second kappa shape index (κ2) is 13.9. The summed E-state index contributed by atoms with van der Waals surface area (Å²) in [5, 5.41) is 20.1. The maximum atomic E-state index is 12.8. The van der Waals surface area contributed by atoms with Gasteiger partial charge in [0.15, 0.2) is 0 Å². The van der Waals surface area contributed by atoms with E-state index in [-0.39, 0.29) is 0 Å². The van der Waals surface area contributed by atoms with Gasteiger partial charge in [0.05, 0.1) is 29.4 Å². The highest BCUT2D eigenvalue weighted by molar-refractivity contribution is 5.99. The largest absolute Gasteiger partial charge is 0.492 e. The zero-order valence-corrected chi connectivity index (χ0v) is 23.5. The fourth-order valence-electron chi connectivity index (χ4n) is 5.29. The number of nitriles is 1. The quantitative estimate of drug-likeness (QED) is 0.245. The van der Waals surface area contributed by atoms with Gasteiger partial charge >= 0.3 is 6.03 Å². The van der Waals surface area contributed by atoms with Crippen LogP contribution < -0.4 is 20.8 Å². The van der Waals surface area contributed by atoms with Crippen molar-refractivity contribution in [2.24, 2.45) is 11.0 Å². The molecule has 0 unspecified atom stereocenters. The van der Waals surface area contributed by atoms with Crippen LogP contribution in [0.25, 0.3) is 10.9 Å². The Bertz CT molecular complexity index is 1390. The van der Waals surface area contributed by atoms with Crippen molar-refractivity contribution in [3.8, 4) is 11.8 Å². The summed E-state index contributed by atoms with van der Waals surface area (Å²) in [4.78, 5) is 26.6. The molecule has 3 N–H and O–H groups in total. The average molecular weight is 556 g/mol. The van der Waals surface area contributed by atoms with E-state index in [1.165, 1.54) is 32.3 Å². The van der Waals surface area contributed by atoms with Crippen LogP contribution in [0.3, 0.4) is 0 Å². The molecule has 0 atom stereocenters. The monoisotopic (exact) mass is 555 g/mol. The molecule has 0 bridgehead atoms. The van der Waals surface area contributed by atoms with Crippen LogP contribution in [0.2, 0.25) is 0 Å². The Hall–Kier alpha value is -4.27. The number of amides is 2. The molecular formula is C30H37N9O2. The van der Waals surface area contributed by atoms with Gasteiger partial charge in [0.2, 0.25) is 0 Å². The van der Waals surface area contributed by atoms with Gasteiger partial charge in [-0.15, -0.1) is 0 Å². The summed E-state index contributed by atoms with van der Waals surface area (Å²) >= 11 is 0. The van der Waals surface area contributed by atoms with E-state index < -0.39 is 6.03 Å². The number of carbonyl (C=O) groups is 1. The van der Waals surface area contributed by atoms with Crippen molar-refractivity contribution in [1.29, 1.82) is 5.26 Å². The Balaban J connectivity index is 1.19. The second-order valence-corrected chi connectivity index (χ2v) is 10.4. The number of rotatable bonds is 10. The number of hydrazone groups is 1. The molecule has 0 spiro atoms. The first kappa shape index (κ1) is 28.3. The highest BCUT2D eigenvalue weighted by atomic mass is 16.5. The standard InChI is InChI=1S/C30H37N9O2/c1-2-41-28-18-26-25(29(33-21-32-26)35-24-7-5-22(19-31)6-8-24)17-27(28)36-30(40)37-34-20-23-9-13-39(14-10-23)16-15-38-11-3-4-12-38/h5-8,17-18,20-21,23H,2-4,9-16H2,1H3,(H,32,33,35)(H2,36,37,40)/b34-20+. The third kappa shape index (κ3) is 7.68. The lowest BCUT2D eigenvalue weighted by Gasteiger charge is -2.31. The normalized spacial score (nSPS) is 16.6. The number of piperidine rings is 1. The highest BCUT2D eigenvalue weighted by Gasteiger charge is 2.20. The molecule has 0 saturated carbocycles. The lowest BCUT2D eigenvalue weighted by molar-refractivity contribution is 0.183. The average Bonchev–Trinajstić information content (AvgIpc) is 3.52. The van der Waals surface area contributed by atoms with E-state index in [4.69, 9.17) is 10.00 Å². The zero-order valence-electron chi connectivity index (χ0n) is 23.5.